The van der Waals surface area contributed by atoms with Crippen LogP contribution in [0.2, 0.25) is 0 Å². The molecule has 1 unspecified atom stereocenters. The molecule has 0 saturated carbocycles. The summed E-state index contributed by atoms with van der Waals surface area (Å²) in [6, 6.07) is 7.48. The van der Waals surface area contributed by atoms with E-state index in [1.54, 1.807) is 12.1 Å². The Kier molecular flexibility index (Phi) is 3.99. The molecule has 1 fully saturated rings. The molecule has 0 radical (unpaired) electrons. The van der Waals surface area contributed by atoms with Gasteiger partial charge in [0.25, 0.3) is 11.6 Å². The van der Waals surface area contributed by atoms with Crippen LogP contribution in [0.5, 0.6) is 0 Å². The van der Waals surface area contributed by atoms with Gasteiger partial charge in [0.05, 0.1) is 4.92 Å². The fraction of sp³-hybridized carbons (Fsp3) is 0.312. The largest absolute Gasteiger partial charge is 0.480 e. The average molecular weight is 344 g/mol. The molecule has 9 heteroatoms. The number of rotatable bonds is 4. The molecular formula is C16H16N4O5. The van der Waals surface area contributed by atoms with Gasteiger partial charge in [-0.15, -0.1) is 0 Å². The van der Waals surface area contributed by atoms with E-state index in [0.717, 1.165) is 0 Å². The molecule has 1 aromatic heterocycles. The number of para-hydroxylation sites is 2. The Bertz CT molecular complexity index is 862. The first-order chi connectivity index (χ1) is 11.8. The Morgan fingerprint density at radius 3 is 2.72 bits per heavy atom. The molecule has 1 N–H and O–H groups in total. The van der Waals surface area contributed by atoms with Crippen LogP contribution in [-0.4, -0.2) is 48.7 Å². The molecule has 25 heavy (non-hydrogen) atoms. The molecular weight excluding hydrogens is 328 g/mol. The summed E-state index contributed by atoms with van der Waals surface area (Å²) in [5.74, 6) is -1.56. The molecule has 1 aliphatic rings. The van der Waals surface area contributed by atoms with Crippen molar-refractivity contribution < 1.29 is 19.6 Å². The number of likely N-dealkylation sites (tertiary alicyclic amines) is 1. The van der Waals surface area contributed by atoms with Crippen LogP contribution in [0.15, 0.2) is 36.5 Å². The zero-order chi connectivity index (χ0) is 18.2. The maximum atomic E-state index is 12.7. The Labute approximate surface area is 142 Å². The van der Waals surface area contributed by atoms with Gasteiger partial charge in [-0.05, 0) is 31.9 Å². The van der Waals surface area contributed by atoms with Crippen molar-refractivity contribution in [2.24, 2.45) is 0 Å². The summed E-state index contributed by atoms with van der Waals surface area (Å²) in [5, 5.41) is 24.7. The number of benzene rings is 1. The quantitative estimate of drug-likeness (QED) is 0.668. The first-order valence-electron chi connectivity index (χ1n) is 7.69. The standard InChI is InChI=1S/C16H16N4O5/c1-16(15(22)23)8-4-9-18(16)14(21)11-7-10-19(17-11)12-5-2-3-6-13(12)20(24)25/h2-3,5-7,10H,4,8-9H2,1H3,(H,22,23). The number of hydrogen-bond donors (Lipinski definition) is 1. The summed E-state index contributed by atoms with van der Waals surface area (Å²) >= 11 is 0. The highest BCUT2D eigenvalue weighted by Gasteiger charge is 2.46. The van der Waals surface area contributed by atoms with E-state index < -0.39 is 22.3 Å². The minimum Gasteiger partial charge on any atom is -0.480 e. The lowest BCUT2D eigenvalue weighted by atomic mass is 9.99. The summed E-state index contributed by atoms with van der Waals surface area (Å²) in [6.07, 6.45) is 2.42. The van der Waals surface area contributed by atoms with E-state index in [4.69, 9.17) is 0 Å². The van der Waals surface area contributed by atoms with E-state index in [9.17, 15) is 24.8 Å². The van der Waals surface area contributed by atoms with Gasteiger partial charge in [-0.3, -0.25) is 14.9 Å². The predicted octanol–water partition coefficient (Wildman–Crippen LogP) is 1.86. The minimum absolute atomic E-state index is 0.0486. The van der Waals surface area contributed by atoms with Crippen LogP contribution in [0.3, 0.4) is 0 Å². The second-order valence-corrected chi connectivity index (χ2v) is 6.03. The zero-order valence-corrected chi connectivity index (χ0v) is 13.5. The van der Waals surface area contributed by atoms with Gasteiger partial charge in [-0.1, -0.05) is 12.1 Å². The van der Waals surface area contributed by atoms with Gasteiger partial charge < -0.3 is 10.0 Å². The topological polar surface area (TPSA) is 119 Å². The van der Waals surface area contributed by atoms with E-state index in [-0.39, 0.29) is 17.1 Å². The number of nitro groups is 1. The maximum absolute atomic E-state index is 12.7. The molecule has 0 spiro atoms. The zero-order valence-electron chi connectivity index (χ0n) is 13.5. The van der Waals surface area contributed by atoms with Crippen molar-refractivity contribution in [3.05, 3.63) is 52.3 Å². The highest BCUT2D eigenvalue weighted by Crippen LogP contribution is 2.31. The smallest absolute Gasteiger partial charge is 0.329 e. The first-order valence-corrected chi connectivity index (χ1v) is 7.69. The average Bonchev–Trinajstić information content (AvgIpc) is 3.22. The van der Waals surface area contributed by atoms with Gasteiger partial charge in [-0.25, -0.2) is 9.48 Å². The number of carboxylic acid groups (broad SMARTS) is 1. The second kappa shape index (κ2) is 6.00. The summed E-state index contributed by atoms with van der Waals surface area (Å²) in [4.78, 5) is 36.1. The Morgan fingerprint density at radius 2 is 2.04 bits per heavy atom. The number of carbonyl (C=O) groups is 2. The van der Waals surface area contributed by atoms with Crippen LogP contribution < -0.4 is 0 Å². The Balaban J connectivity index is 1.94. The molecule has 0 aliphatic carbocycles. The van der Waals surface area contributed by atoms with Crippen molar-refractivity contribution in [3.8, 4) is 5.69 Å². The van der Waals surface area contributed by atoms with Crippen molar-refractivity contribution in [2.75, 3.05) is 6.54 Å². The van der Waals surface area contributed by atoms with Gasteiger partial charge in [0.2, 0.25) is 0 Å². The number of carbonyl (C=O) groups excluding carboxylic acids is 1. The summed E-state index contributed by atoms with van der Waals surface area (Å²) in [5.41, 5.74) is -1.12. The van der Waals surface area contributed by atoms with Crippen molar-refractivity contribution in [1.82, 2.24) is 14.7 Å². The number of carboxylic acids is 1. The van der Waals surface area contributed by atoms with E-state index >= 15 is 0 Å². The van der Waals surface area contributed by atoms with E-state index in [2.05, 4.69) is 5.10 Å². The van der Waals surface area contributed by atoms with Crippen LogP contribution in [0.25, 0.3) is 5.69 Å². The summed E-state index contributed by atoms with van der Waals surface area (Å²) in [7, 11) is 0. The van der Waals surface area contributed by atoms with Crippen LogP contribution in [-0.2, 0) is 4.79 Å². The van der Waals surface area contributed by atoms with Crippen LogP contribution >= 0.6 is 0 Å². The van der Waals surface area contributed by atoms with Crippen molar-refractivity contribution in [1.29, 1.82) is 0 Å². The second-order valence-electron chi connectivity index (χ2n) is 6.03. The predicted molar refractivity (Wildman–Crippen MR) is 86.5 cm³/mol. The van der Waals surface area contributed by atoms with E-state index in [1.807, 2.05) is 0 Å². The molecule has 130 valence electrons. The van der Waals surface area contributed by atoms with E-state index in [1.165, 1.54) is 40.9 Å². The minimum atomic E-state index is -1.26. The third kappa shape index (κ3) is 2.73. The lowest BCUT2D eigenvalue weighted by Gasteiger charge is -2.30. The number of hydrogen-bond acceptors (Lipinski definition) is 5. The summed E-state index contributed by atoms with van der Waals surface area (Å²) in [6.45, 7) is 1.85. The third-order valence-corrected chi connectivity index (χ3v) is 4.48. The normalized spacial score (nSPS) is 19.8. The lowest BCUT2D eigenvalue weighted by molar-refractivity contribution is -0.384. The molecule has 1 aliphatic heterocycles. The number of nitro benzene ring substituents is 1. The number of aromatic nitrogens is 2. The number of aliphatic carboxylic acids is 1. The Hall–Kier alpha value is -3.23. The number of amides is 1. The van der Waals surface area contributed by atoms with Crippen molar-refractivity contribution >= 4 is 17.6 Å². The molecule has 3 rings (SSSR count). The molecule has 1 aromatic carbocycles. The van der Waals surface area contributed by atoms with Gasteiger partial charge in [0.1, 0.15) is 11.2 Å². The highest BCUT2D eigenvalue weighted by molar-refractivity contribution is 5.96. The Morgan fingerprint density at radius 1 is 1.32 bits per heavy atom. The lowest BCUT2D eigenvalue weighted by Crippen LogP contribution is -2.50. The van der Waals surface area contributed by atoms with Gasteiger partial charge >= 0.3 is 5.97 Å². The summed E-state index contributed by atoms with van der Waals surface area (Å²) < 4.78 is 1.25. The molecule has 1 saturated heterocycles. The highest BCUT2D eigenvalue weighted by atomic mass is 16.6. The SMILES string of the molecule is CC1(C(=O)O)CCCN1C(=O)c1ccn(-c2ccccc2[N+](=O)[O-])n1. The van der Waals surface area contributed by atoms with Crippen molar-refractivity contribution in [2.45, 2.75) is 25.3 Å². The van der Waals surface area contributed by atoms with Crippen molar-refractivity contribution in [3.63, 3.8) is 0 Å². The van der Waals surface area contributed by atoms with Gasteiger partial charge in [0, 0.05) is 18.8 Å². The monoisotopic (exact) mass is 344 g/mol. The number of nitrogens with zero attached hydrogens (tertiary/aromatic N) is 4. The molecule has 9 nitrogen and oxygen atoms in total. The van der Waals surface area contributed by atoms with Gasteiger partial charge in [-0.2, -0.15) is 5.10 Å². The fourth-order valence-electron chi connectivity index (χ4n) is 3.03. The third-order valence-electron chi connectivity index (χ3n) is 4.48. The molecule has 2 aromatic rings. The van der Waals surface area contributed by atoms with Crippen LogP contribution in [0.1, 0.15) is 30.3 Å². The van der Waals surface area contributed by atoms with Gasteiger partial charge in [0.15, 0.2) is 5.69 Å². The maximum Gasteiger partial charge on any atom is 0.329 e. The molecule has 2 heterocycles. The van der Waals surface area contributed by atoms with Crippen LogP contribution in [0, 0.1) is 10.1 Å². The van der Waals surface area contributed by atoms with E-state index in [0.29, 0.717) is 19.4 Å². The molecule has 0 bridgehead atoms. The molecule has 1 amide bonds. The first kappa shape index (κ1) is 16.6. The van der Waals surface area contributed by atoms with Crippen LogP contribution in [0.4, 0.5) is 5.69 Å². The molecule has 1 atom stereocenters. The fourth-order valence-corrected chi connectivity index (χ4v) is 3.03.